The molecule has 1 N–H and O–H groups in total. The monoisotopic (exact) mass is 432 g/mol. The fourth-order valence-corrected chi connectivity index (χ4v) is 4.14. The Bertz CT molecular complexity index is 884. The highest BCUT2D eigenvalue weighted by molar-refractivity contribution is 7.99. The number of amides is 1. The standard InChI is InChI=1S/C17H18Cl2N2O3S2/c1-21(26(2,23)24)13-6-3-5-12(9-13)20-17(22)11-25-10-14-15(18)7-4-8-16(14)19/h3-9H,10-11H2,1-2H3,(H,20,22). The third-order valence-corrected chi connectivity index (χ3v) is 6.41. The second-order valence-corrected chi connectivity index (χ2v) is 9.34. The highest BCUT2D eigenvalue weighted by Crippen LogP contribution is 2.28. The Morgan fingerprint density at radius 2 is 1.77 bits per heavy atom. The third kappa shape index (κ3) is 5.81. The molecule has 140 valence electrons. The molecule has 2 aromatic rings. The first-order valence-corrected chi connectivity index (χ1v) is 11.3. The summed E-state index contributed by atoms with van der Waals surface area (Å²) < 4.78 is 24.4. The molecule has 2 aromatic carbocycles. The molecule has 0 unspecified atom stereocenters. The van der Waals surface area contributed by atoms with Gasteiger partial charge in [0.15, 0.2) is 0 Å². The smallest absolute Gasteiger partial charge is 0.234 e. The zero-order valence-electron chi connectivity index (χ0n) is 14.2. The van der Waals surface area contributed by atoms with Crippen molar-refractivity contribution in [1.29, 1.82) is 0 Å². The van der Waals surface area contributed by atoms with Gasteiger partial charge in [-0.15, -0.1) is 11.8 Å². The number of rotatable bonds is 7. The summed E-state index contributed by atoms with van der Waals surface area (Å²) in [6, 6.07) is 11.9. The molecular formula is C17H18Cl2N2O3S2. The van der Waals surface area contributed by atoms with E-state index in [1.54, 1.807) is 42.5 Å². The van der Waals surface area contributed by atoms with Crippen molar-refractivity contribution in [2.24, 2.45) is 0 Å². The molecule has 1 amide bonds. The number of carbonyl (C=O) groups excluding carboxylic acids is 1. The topological polar surface area (TPSA) is 66.5 Å². The summed E-state index contributed by atoms with van der Waals surface area (Å²) in [6.07, 6.45) is 1.12. The molecule has 5 nitrogen and oxygen atoms in total. The third-order valence-electron chi connectivity index (χ3n) is 3.53. The molecule has 0 aliphatic rings. The normalized spacial score (nSPS) is 11.2. The van der Waals surface area contributed by atoms with E-state index >= 15 is 0 Å². The average Bonchev–Trinajstić information content (AvgIpc) is 2.56. The molecule has 0 spiro atoms. The Balaban J connectivity index is 1.94. The average molecular weight is 433 g/mol. The molecule has 0 bridgehead atoms. The van der Waals surface area contributed by atoms with Crippen molar-refractivity contribution < 1.29 is 13.2 Å². The number of sulfonamides is 1. The minimum absolute atomic E-state index is 0.197. The molecule has 0 heterocycles. The van der Waals surface area contributed by atoms with E-state index in [4.69, 9.17) is 23.2 Å². The maximum Gasteiger partial charge on any atom is 0.234 e. The number of halogens is 2. The first-order chi connectivity index (χ1) is 12.2. The van der Waals surface area contributed by atoms with E-state index in [2.05, 4.69) is 5.32 Å². The number of hydrogen-bond donors (Lipinski definition) is 1. The number of anilines is 2. The number of nitrogens with zero attached hydrogens (tertiary/aromatic N) is 1. The second kappa shape index (κ2) is 8.99. The first kappa shape index (κ1) is 20.9. The lowest BCUT2D eigenvalue weighted by Crippen LogP contribution is -2.25. The van der Waals surface area contributed by atoms with Crippen LogP contribution in [0.1, 0.15) is 5.56 Å². The quantitative estimate of drug-likeness (QED) is 0.709. The predicted molar refractivity (Wildman–Crippen MR) is 111 cm³/mol. The minimum atomic E-state index is -3.36. The summed E-state index contributed by atoms with van der Waals surface area (Å²) in [5.74, 6) is 0.536. The minimum Gasteiger partial charge on any atom is -0.325 e. The molecule has 0 fully saturated rings. The second-order valence-electron chi connectivity index (χ2n) is 5.52. The van der Waals surface area contributed by atoms with Gasteiger partial charge in [0.25, 0.3) is 0 Å². The Labute approximate surface area is 167 Å². The largest absolute Gasteiger partial charge is 0.325 e. The predicted octanol–water partition coefficient (Wildman–Crippen LogP) is 4.26. The van der Waals surface area contributed by atoms with Crippen LogP contribution >= 0.6 is 35.0 Å². The van der Waals surface area contributed by atoms with Crippen molar-refractivity contribution in [3.8, 4) is 0 Å². The fourth-order valence-electron chi connectivity index (χ4n) is 2.08. The van der Waals surface area contributed by atoms with Crippen LogP contribution in [0.2, 0.25) is 10.0 Å². The van der Waals surface area contributed by atoms with Gasteiger partial charge in [-0.25, -0.2) is 8.42 Å². The number of hydrogen-bond acceptors (Lipinski definition) is 4. The SMILES string of the molecule is CN(c1cccc(NC(=O)CSCc2c(Cl)cccc2Cl)c1)S(C)(=O)=O. The van der Waals surface area contributed by atoms with Crippen molar-refractivity contribution in [1.82, 2.24) is 0 Å². The van der Waals surface area contributed by atoms with Gasteiger partial charge in [0.05, 0.1) is 17.7 Å². The first-order valence-electron chi connectivity index (χ1n) is 7.53. The van der Waals surface area contributed by atoms with E-state index in [0.717, 1.165) is 16.1 Å². The van der Waals surface area contributed by atoms with Gasteiger partial charge in [-0.2, -0.15) is 0 Å². The van der Waals surface area contributed by atoms with Gasteiger partial charge in [0.1, 0.15) is 0 Å². The maximum absolute atomic E-state index is 12.1. The number of carbonyl (C=O) groups is 1. The number of benzene rings is 2. The van der Waals surface area contributed by atoms with Crippen LogP contribution in [0, 0.1) is 0 Å². The Morgan fingerprint density at radius 1 is 1.15 bits per heavy atom. The van der Waals surface area contributed by atoms with Crippen LogP contribution in [0.4, 0.5) is 11.4 Å². The van der Waals surface area contributed by atoms with Gasteiger partial charge >= 0.3 is 0 Å². The van der Waals surface area contributed by atoms with E-state index < -0.39 is 10.0 Å². The Morgan fingerprint density at radius 3 is 2.38 bits per heavy atom. The summed E-state index contributed by atoms with van der Waals surface area (Å²) >= 11 is 13.6. The summed E-state index contributed by atoms with van der Waals surface area (Å²) in [7, 11) is -1.90. The van der Waals surface area contributed by atoms with E-state index in [1.165, 1.54) is 18.8 Å². The maximum atomic E-state index is 12.1. The molecule has 0 saturated carbocycles. The van der Waals surface area contributed by atoms with Crippen molar-refractivity contribution >= 4 is 62.3 Å². The highest BCUT2D eigenvalue weighted by atomic mass is 35.5. The molecule has 9 heteroatoms. The van der Waals surface area contributed by atoms with E-state index in [9.17, 15) is 13.2 Å². The van der Waals surface area contributed by atoms with Crippen molar-refractivity contribution in [2.45, 2.75) is 5.75 Å². The molecule has 2 rings (SSSR count). The van der Waals surface area contributed by atoms with Crippen LogP contribution in [0.5, 0.6) is 0 Å². The lowest BCUT2D eigenvalue weighted by molar-refractivity contribution is -0.113. The van der Waals surface area contributed by atoms with E-state index in [-0.39, 0.29) is 11.7 Å². The van der Waals surface area contributed by atoms with Crippen LogP contribution in [-0.4, -0.2) is 33.4 Å². The van der Waals surface area contributed by atoms with Crippen molar-refractivity contribution in [2.75, 3.05) is 28.7 Å². The lowest BCUT2D eigenvalue weighted by atomic mass is 10.2. The van der Waals surface area contributed by atoms with Crippen LogP contribution in [-0.2, 0) is 20.6 Å². The lowest BCUT2D eigenvalue weighted by Gasteiger charge is -2.17. The zero-order valence-corrected chi connectivity index (χ0v) is 17.3. The summed E-state index contributed by atoms with van der Waals surface area (Å²) in [5, 5.41) is 3.90. The molecule has 26 heavy (non-hydrogen) atoms. The molecule has 0 aromatic heterocycles. The summed E-state index contributed by atoms with van der Waals surface area (Å²) in [4.78, 5) is 12.1. The van der Waals surface area contributed by atoms with Crippen LogP contribution in [0.15, 0.2) is 42.5 Å². The van der Waals surface area contributed by atoms with Crippen molar-refractivity contribution in [3.05, 3.63) is 58.1 Å². The van der Waals surface area contributed by atoms with Crippen molar-refractivity contribution in [3.63, 3.8) is 0 Å². The molecular weight excluding hydrogens is 415 g/mol. The van der Waals surface area contributed by atoms with Gasteiger partial charge < -0.3 is 5.32 Å². The summed E-state index contributed by atoms with van der Waals surface area (Å²) in [5.41, 5.74) is 1.80. The van der Waals surface area contributed by atoms with Gasteiger partial charge in [-0.3, -0.25) is 9.10 Å². The van der Waals surface area contributed by atoms with Gasteiger partial charge in [-0.1, -0.05) is 35.3 Å². The van der Waals surface area contributed by atoms with Crippen LogP contribution in [0.25, 0.3) is 0 Å². The van der Waals surface area contributed by atoms with Gasteiger partial charge in [0, 0.05) is 28.5 Å². The highest BCUT2D eigenvalue weighted by Gasteiger charge is 2.13. The number of thioether (sulfide) groups is 1. The van der Waals surface area contributed by atoms with Gasteiger partial charge in [0.2, 0.25) is 15.9 Å². The fraction of sp³-hybridized carbons (Fsp3) is 0.235. The Hall–Kier alpha value is -1.41. The van der Waals surface area contributed by atoms with Gasteiger partial charge in [-0.05, 0) is 35.9 Å². The Kier molecular flexibility index (Phi) is 7.23. The molecule has 0 radical (unpaired) electrons. The van der Waals surface area contributed by atoms with Crippen LogP contribution < -0.4 is 9.62 Å². The molecule has 0 atom stereocenters. The van der Waals surface area contributed by atoms with E-state index in [1.807, 2.05) is 0 Å². The van der Waals surface area contributed by atoms with Crippen LogP contribution in [0.3, 0.4) is 0 Å². The zero-order chi connectivity index (χ0) is 19.3. The molecule has 0 aliphatic heterocycles. The molecule has 0 aliphatic carbocycles. The molecule has 0 saturated heterocycles. The number of nitrogens with one attached hydrogen (secondary N) is 1. The summed E-state index contributed by atoms with van der Waals surface area (Å²) in [6.45, 7) is 0. The van der Waals surface area contributed by atoms with E-state index in [0.29, 0.717) is 27.2 Å².